The molecule has 0 radical (unpaired) electrons. The Bertz CT molecular complexity index is 246. The van der Waals surface area contributed by atoms with E-state index in [1.807, 2.05) is 5.01 Å². The quantitative estimate of drug-likeness (QED) is 0.699. The minimum absolute atomic E-state index is 0.0564. The molecule has 2 fully saturated rings. The molecule has 0 saturated carbocycles. The predicted molar refractivity (Wildman–Crippen MR) is 59.1 cm³/mol. The third-order valence-electron chi connectivity index (χ3n) is 3.17. The monoisotopic (exact) mass is 211 g/mol. The average Bonchev–Trinajstić information content (AvgIpc) is 2.41. The maximum Gasteiger partial charge on any atom is 0.238 e. The van der Waals surface area contributed by atoms with E-state index in [-0.39, 0.29) is 11.4 Å². The molecule has 2 saturated heterocycles. The Morgan fingerprint density at radius 1 is 1.53 bits per heavy atom. The molecule has 15 heavy (non-hydrogen) atoms. The molecule has 4 heteroatoms. The van der Waals surface area contributed by atoms with Crippen LogP contribution in [-0.4, -0.2) is 36.1 Å². The van der Waals surface area contributed by atoms with E-state index < -0.39 is 0 Å². The van der Waals surface area contributed by atoms with Crippen LogP contribution in [0.2, 0.25) is 0 Å². The van der Waals surface area contributed by atoms with E-state index in [1.165, 1.54) is 12.8 Å². The molecular formula is C11H21N3O. The van der Waals surface area contributed by atoms with Gasteiger partial charge in [0.1, 0.15) is 0 Å². The molecule has 2 rings (SSSR count). The predicted octanol–water partition coefficient (Wildman–Crippen LogP) is 0.501. The Hall–Kier alpha value is -0.610. The van der Waals surface area contributed by atoms with Crippen LogP contribution in [0.3, 0.4) is 0 Å². The van der Waals surface area contributed by atoms with Gasteiger partial charge in [-0.1, -0.05) is 0 Å². The Morgan fingerprint density at radius 2 is 2.33 bits per heavy atom. The van der Waals surface area contributed by atoms with Crippen LogP contribution in [-0.2, 0) is 4.79 Å². The second kappa shape index (κ2) is 4.10. The summed E-state index contributed by atoms with van der Waals surface area (Å²) >= 11 is 0. The number of hydrazine groups is 1. The summed E-state index contributed by atoms with van der Waals surface area (Å²) in [5.74, 6) is 0.856. The molecule has 2 heterocycles. The van der Waals surface area contributed by atoms with Crippen LogP contribution in [0.15, 0.2) is 0 Å². The summed E-state index contributed by atoms with van der Waals surface area (Å²) in [5, 5.41) is 5.20. The third kappa shape index (κ3) is 2.69. The van der Waals surface area contributed by atoms with Crippen molar-refractivity contribution in [3.63, 3.8) is 0 Å². The lowest BCUT2D eigenvalue weighted by molar-refractivity contribution is -0.130. The molecule has 2 aliphatic heterocycles. The van der Waals surface area contributed by atoms with Gasteiger partial charge >= 0.3 is 0 Å². The first-order valence-corrected chi connectivity index (χ1v) is 5.86. The summed E-state index contributed by atoms with van der Waals surface area (Å²) in [7, 11) is 0. The van der Waals surface area contributed by atoms with Crippen molar-refractivity contribution in [2.24, 2.45) is 5.92 Å². The Morgan fingerprint density at radius 3 is 2.87 bits per heavy atom. The van der Waals surface area contributed by atoms with Gasteiger partial charge in [-0.25, -0.2) is 5.43 Å². The van der Waals surface area contributed by atoms with E-state index in [4.69, 9.17) is 0 Å². The van der Waals surface area contributed by atoms with Crippen molar-refractivity contribution in [1.29, 1.82) is 0 Å². The van der Waals surface area contributed by atoms with Gasteiger partial charge in [-0.05, 0) is 45.7 Å². The highest BCUT2D eigenvalue weighted by atomic mass is 16.2. The highest BCUT2D eigenvalue weighted by Gasteiger charge is 2.36. The number of nitrogens with zero attached hydrogens (tertiary/aromatic N) is 1. The van der Waals surface area contributed by atoms with Crippen molar-refractivity contribution in [3.8, 4) is 0 Å². The molecule has 0 aromatic heterocycles. The summed E-state index contributed by atoms with van der Waals surface area (Å²) in [4.78, 5) is 11.7. The van der Waals surface area contributed by atoms with Crippen molar-refractivity contribution < 1.29 is 4.79 Å². The van der Waals surface area contributed by atoms with Gasteiger partial charge in [0.2, 0.25) is 5.91 Å². The summed E-state index contributed by atoms with van der Waals surface area (Å²) < 4.78 is 0. The fourth-order valence-electron chi connectivity index (χ4n) is 2.43. The average molecular weight is 211 g/mol. The topological polar surface area (TPSA) is 44.4 Å². The number of hydrogen-bond donors (Lipinski definition) is 2. The highest BCUT2D eigenvalue weighted by Crippen LogP contribution is 2.21. The van der Waals surface area contributed by atoms with Crippen LogP contribution in [0.4, 0.5) is 0 Å². The van der Waals surface area contributed by atoms with Crippen LogP contribution in [0, 0.1) is 5.92 Å². The molecule has 2 aliphatic rings. The minimum Gasteiger partial charge on any atom is -0.316 e. The van der Waals surface area contributed by atoms with Crippen LogP contribution in [0.25, 0.3) is 0 Å². The summed E-state index contributed by atoms with van der Waals surface area (Å²) in [6, 6.07) is 0. The smallest absolute Gasteiger partial charge is 0.238 e. The third-order valence-corrected chi connectivity index (χ3v) is 3.17. The van der Waals surface area contributed by atoms with E-state index >= 15 is 0 Å². The lowest BCUT2D eigenvalue weighted by Crippen LogP contribution is -2.46. The van der Waals surface area contributed by atoms with Gasteiger partial charge in [-0.3, -0.25) is 9.80 Å². The standard InChI is InChI=1S/C11H21N3O/c1-11(2)6-10(15)14(13-11)8-9-4-3-5-12-7-9/h9,12-13H,3-8H2,1-2H3. The SMILES string of the molecule is CC1(C)CC(=O)N(CC2CCCNC2)N1. The highest BCUT2D eigenvalue weighted by molar-refractivity contribution is 5.79. The zero-order valence-electron chi connectivity index (χ0n) is 9.68. The number of carbonyl (C=O) groups excluding carboxylic acids is 1. The van der Waals surface area contributed by atoms with Crippen LogP contribution in [0.1, 0.15) is 33.1 Å². The second-order valence-corrected chi connectivity index (χ2v) is 5.39. The maximum absolute atomic E-state index is 11.7. The number of carbonyl (C=O) groups is 1. The first-order valence-electron chi connectivity index (χ1n) is 5.86. The summed E-state index contributed by atoms with van der Waals surface area (Å²) in [6.07, 6.45) is 3.09. The molecule has 86 valence electrons. The van der Waals surface area contributed by atoms with Gasteiger partial charge < -0.3 is 5.32 Å². The van der Waals surface area contributed by atoms with Gasteiger partial charge in [0.15, 0.2) is 0 Å². The van der Waals surface area contributed by atoms with E-state index in [0.717, 1.165) is 19.6 Å². The van der Waals surface area contributed by atoms with Gasteiger partial charge in [-0.15, -0.1) is 0 Å². The first kappa shape index (κ1) is 10.9. The number of nitrogens with one attached hydrogen (secondary N) is 2. The molecule has 0 aliphatic carbocycles. The summed E-state index contributed by atoms with van der Waals surface area (Å²) in [5.41, 5.74) is 3.23. The molecule has 1 unspecified atom stereocenters. The van der Waals surface area contributed by atoms with Crippen molar-refractivity contribution >= 4 is 5.91 Å². The van der Waals surface area contributed by atoms with Crippen molar-refractivity contribution in [3.05, 3.63) is 0 Å². The fourth-order valence-corrected chi connectivity index (χ4v) is 2.43. The second-order valence-electron chi connectivity index (χ2n) is 5.39. The van der Waals surface area contributed by atoms with Crippen LogP contribution >= 0.6 is 0 Å². The maximum atomic E-state index is 11.7. The lowest BCUT2D eigenvalue weighted by atomic mass is 9.99. The molecule has 1 atom stereocenters. The van der Waals surface area contributed by atoms with Gasteiger partial charge in [0, 0.05) is 18.5 Å². The van der Waals surface area contributed by atoms with Gasteiger partial charge in [0.05, 0.1) is 0 Å². The molecule has 0 spiro atoms. The van der Waals surface area contributed by atoms with Crippen molar-refractivity contribution in [2.75, 3.05) is 19.6 Å². The number of hydrogen-bond acceptors (Lipinski definition) is 3. The fraction of sp³-hybridized carbons (Fsp3) is 0.909. The molecule has 0 aromatic rings. The minimum atomic E-state index is -0.0564. The molecule has 2 N–H and O–H groups in total. The Kier molecular flexibility index (Phi) is 2.98. The molecule has 4 nitrogen and oxygen atoms in total. The van der Waals surface area contributed by atoms with Crippen LogP contribution in [0.5, 0.6) is 0 Å². The van der Waals surface area contributed by atoms with E-state index in [2.05, 4.69) is 24.6 Å². The van der Waals surface area contributed by atoms with E-state index in [9.17, 15) is 4.79 Å². The molecule has 0 aromatic carbocycles. The largest absolute Gasteiger partial charge is 0.316 e. The zero-order valence-corrected chi connectivity index (χ0v) is 9.68. The molecule has 1 amide bonds. The van der Waals surface area contributed by atoms with Crippen molar-refractivity contribution in [1.82, 2.24) is 15.8 Å². The van der Waals surface area contributed by atoms with Gasteiger partial charge in [0.25, 0.3) is 0 Å². The summed E-state index contributed by atoms with van der Waals surface area (Å²) in [6.45, 7) is 7.18. The molecular weight excluding hydrogens is 190 g/mol. The number of piperidine rings is 1. The number of amides is 1. The van der Waals surface area contributed by atoms with Crippen molar-refractivity contribution in [2.45, 2.75) is 38.6 Å². The van der Waals surface area contributed by atoms with E-state index in [0.29, 0.717) is 12.3 Å². The molecule has 0 bridgehead atoms. The Labute approximate surface area is 91.4 Å². The Balaban J connectivity index is 1.86. The first-order chi connectivity index (χ1) is 7.07. The zero-order chi connectivity index (χ0) is 10.9. The lowest BCUT2D eigenvalue weighted by Gasteiger charge is -2.28. The normalized spacial score (nSPS) is 30.9. The van der Waals surface area contributed by atoms with Gasteiger partial charge in [-0.2, -0.15) is 0 Å². The van der Waals surface area contributed by atoms with E-state index in [1.54, 1.807) is 0 Å². The number of rotatable bonds is 2. The van der Waals surface area contributed by atoms with Crippen LogP contribution < -0.4 is 10.7 Å².